The molecule has 4 rings (SSSR count). The van der Waals surface area contributed by atoms with Gasteiger partial charge in [0.1, 0.15) is 5.82 Å². The van der Waals surface area contributed by atoms with Crippen LogP contribution in [-0.2, 0) is 12.8 Å². The second-order valence-corrected chi connectivity index (χ2v) is 9.56. The number of aliphatic hydroxyl groups is 1. The van der Waals surface area contributed by atoms with Crippen LogP contribution in [-0.4, -0.2) is 59.7 Å². The molecule has 2 aliphatic rings. The van der Waals surface area contributed by atoms with E-state index in [0.29, 0.717) is 22.4 Å². The van der Waals surface area contributed by atoms with Crippen LogP contribution in [0, 0.1) is 5.92 Å². The number of amides is 1. The smallest absolute Gasteiger partial charge is 0.254 e. The molecule has 32 heavy (non-hydrogen) atoms. The summed E-state index contributed by atoms with van der Waals surface area (Å²) in [6.07, 6.45) is 5.11. The predicted molar refractivity (Wildman–Crippen MR) is 129 cm³/mol. The number of likely N-dealkylation sites (tertiary alicyclic amines) is 1. The number of aromatic nitrogens is 1. The topological polar surface area (TPSA) is 77.5 Å². The zero-order chi connectivity index (χ0) is 22.5. The highest BCUT2D eigenvalue weighted by atomic mass is 35.5. The Bertz CT molecular complexity index is 929. The Balaban J connectivity index is 1.17. The number of halogens is 2. The largest absolute Gasteiger partial charge is 0.394 e. The van der Waals surface area contributed by atoms with Gasteiger partial charge >= 0.3 is 0 Å². The van der Waals surface area contributed by atoms with Crippen LogP contribution in [0.5, 0.6) is 0 Å². The number of carbonyl (C=O) groups excluding carboxylic acids is 1. The molecule has 0 spiro atoms. The summed E-state index contributed by atoms with van der Waals surface area (Å²) in [5.74, 6) is 1.39. The molecule has 0 unspecified atom stereocenters. The molecule has 1 saturated heterocycles. The summed E-state index contributed by atoms with van der Waals surface area (Å²) in [5.41, 5.74) is 2.75. The minimum absolute atomic E-state index is 0.122. The number of fused-ring (bicyclic) bond motifs is 1. The Kier molecular flexibility index (Phi) is 7.89. The number of aliphatic hydroxyl groups excluding tert-OH is 1. The van der Waals surface area contributed by atoms with E-state index >= 15 is 0 Å². The van der Waals surface area contributed by atoms with Gasteiger partial charge in [-0.2, -0.15) is 0 Å². The number of rotatable bonds is 9. The first kappa shape index (κ1) is 23.3. The van der Waals surface area contributed by atoms with E-state index in [1.165, 1.54) is 12.0 Å². The van der Waals surface area contributed by atoms with Crippen LogP contribution in [0.3, 0.4) is 0 Å². The average molecular weight is 477 g/mol. The first-order valence-corrected chi connectivity index (χ1v) is 12.1. The van der Waals surface area contributed by atoms with Crippen LogP contribution in [0.4, 0.5) is 5.82 Å². The van der Waals surface area contributed by atoms with Gasteiger partial charge in [0.05, 0.1) is 28.3 Å². The number of benzene rings is 1. The number of anilines is 1. The summed E-state index contributed by atoms with van der Waals surface area (Å²) in [5, 5.41) is 16.6. The van der Waals surface area contributed by atoms with Crippen LogP contribution >= 0.6 is 23.2 Å². The lowest BCUT2D eigenvalue weighted by molar-refractivity contribution is 0.0793. The molecule has 1 aromatic heterocycles. The standard InChI is InChI=1S/C24H30Cl2N4O2/c25-20-4-1-5-21(26)22(20)24(32)29-19(15-31)10-12-30-13-16(14-30)6-8-18-9-7-17-3-2-11-27-23(17)28-18/h1,4-5,7,9,16,19,31H,2-3,6,8,10-15H2,(H,27,28)(H,29,32)/t19-/m0/s1. The minimum Gasteiger partial charge on any atom is -0.394 e. The molecule has 3 N–H and O–H groups in total. The van der Waals surface area contributed by atoms with Crippen LogP contribution < -0.4 is 10.6 Å². The number of carbonyl (C=O) groups is 1. The number of aryl methyl sites for hydroxylation is 2. The van der Waals surface area contributed by atoms with Gasteiger partial charge in [-0.3, -0.25) is 4.79 Å². The van der Waals surface area contributed by atoms with Gasteiger partial charge < -0.3 is 20.6 Å². The zero-order valence-corrected chi connectivity index (χ0v) is 19.6. The average Bonchev–Trinajstić information content (AvgIpc) is 2.76. The highest BCUT2D eigenvalue weighted by molar-refractivity contribution is 6.39. The van der Waals surface area contributed by atoms with Gasteiger partial charge in [-0.15, -0.1) is 0 Å². The second kappa shape index (κ2) is 10.8. The third-order valence-corrected chi connectivity index (χ3v) is 6.96. The van der Waals surface area contributed by atoms with Crippen LogP contribution in [0.1, 0.15) is 40.9 Å². The molecule has 1 atom stereocenters. The van der Waals surface area contributed by atoms with Gasteiger partial charge in [-0.1, -0.05) is 35.3 Å². The highest BCUT2D eigenvalue weighted by Gasteiger charge is 2.27. The SMILES string of the molecule is O=C(N[C@H](CO)CCN1CC(CCc2ccc3c(n2)NCCC3)C1)c1c(Cl)cccc1Cl. The molecule has 3 heterocycles. The third-order valence-electron chi connectivity index (χ3n) is 6.33. The maximum absolute atomic E-state index is 12.5. The molecule has 1 aromatic carbocycles. The zero-order valence-electron chi connectivity index (χ0n) is 18.1. The lowest BCUT2D eigenvalue weighted by Crippen LogP contribution is -2.49. The quantitative estimate of drug-likeness (QED) is 0.513. The Morgan fingerprint density at radius 3 is 2.78 bits per heavy atom. The van der Waals surface area contributed by atoms with Gasteiger partial charge in [0.25, 0.3) is 5.91 Å². The molecular weight excluding hydrogens is 447 g/mol. The second-order valence-electron chi connectivity index (χ2n) is 8.74. The summed E-state index contributed by atoms with van der Waals surface area (Å²) in [6.45, 7) is 3.82. The van der Waals surface area contributed by atoms with Crippen molar-refractivity contribution >= 4 is 34.9 Å². The van der Waals surface area contributed by atoms with Gasteiger partial charge in [0.2, 0.25) is 0 Å². The monoisotopic (exact) mass is 476 g/mol. The molecule has 2 aliphatic heterocycles. The molecule has 6 nitrogen and oxygen atoms in total. The molecule has 0 radical (unpaired) electrons. The van der Waals surface area contributed by atoms with Crippen molar-refractivity contribution in [2.24, 2.45) is 5.92 Å². The lowest BCUT2D eigenvalue weighted by atomic mass is 9.93. The lowest BCUT2D eigenvalue weighted by Gasteiger charge is -2.40. The fraction of sp³-hybridized carbons (Fsp3) is 0.500. The summed E-state index contributed by atoms with van der Waals surface area (Å²) in [6, 6.07) is 9.02. The Hall–Kier alpha value is -1.86. The maximum Gasteiger partial charge on any atom is 0.254 e. The van der Waals surface area contributed by atoms with Crippen LogP contribution in [0.2, 0.25) is 10.0 Å². The minimum atomic E-state index is -0.354. The summed E-state index contributed by atoms with van der Waals surface area (Å²) in [4.78, 5) is 19.7. The van der Waals surface area contributed by atoms with Crippen molar-refractivity contribution in [1.82, 2.24) is 15.2 Å². The normalized spacial score (nSPS) is 17.2. The van der Waals surface area contributed by atoms with E-state index < -0.39 is 0 Å². The summed E-state index contributed by atoms with van der Waals surface area (Å²) >= 11 is 12.2. The van der Waals surface area contributed by atoms with Crippen molar-refractivity contribution in [2.45, 2.75) is 38.1 Å². The van der Waals surface area contributed by atoms with Crippen molar-refractivity contribution in [3.8, 4) is 0 Å². The molecule has 0 bridgehead atoms. The predicted octanol–water partition coefficient (Wildman–Crippen LogP) is 3.79. The fourth-order valence-electron chi connectivity index (χ4n) is 4.42. The van der Waals surface area contributed by atoms with Crippen molar-refractivity contribution in [2.75, 3.05) is 38.1 Å². The molecule has 0 aliphatic carbocycles. The Labute approximate surface area is 199 Å². The van der Waals surface area contributed by atoms with E-state index in [1.54, 1.807) is 18.2 Å². The van der Waals surface area contributed by atoms with Crippen molar-refractivity contribution < 1.29 is 9.90 Å². The number of nitrogens with zero attached hydrogens (tertiary/aromatic N) is 2. The molecule has 8 heteroatoms. The summed E-state index contributed by atoms with van der Waals surface area (Å²) in [7, 11) is 0. The van der Waals surface area contributed by atoms with Crippen LogP contribution in [0.25, 0.3) is 0 Å². The van der Waals surface area contributed by atoms with Gasteiger partial charge in [0, 0.05) is 31.9 Å². The van der Waals surface area contributed by atoms with E-state index in [0.717, 1.165) is 57.0 Å². The molecule has 1 amide bonds. The van der Waals surface area contributed by atoms with E-state index in [4.69, 9.17) is 28.2 Å². The van der Waals surface area contributed by atoms with Gasteiger partial charge in [0.15, 0.2) is 0 Å². The first-order valence-electron chi connectivity index (χ1n) is 11.3. The third kappa shape index (κ3) is 5.73. The van der Waals surface area contributed by atoms with Gasteiger partial charge in [-0.05, 0) is 61.8 Å². The van der Waals surface area contributed by atoms with Crippen molar-refractivity contribution in [1.29, 1.82) is 0 Å². The summed E-state index contributed by atoms with van der Waals surface area (Å²) < 4.78 is 0. The Morgan fingerprint density at radius 1 is 1.25 bits per heavy atom. The van der Waals surface area contributed by atoms with E-state index in [1.807, 2.05) is 0 Å². The molecular formula is C24H30Cl2N4O2. The maximum atomic E-state index is 12.5. The Morgan fingerprint density at radius 2 is 2.03 bits per heavy atom. The number of hydrogen-bond donors (Lipinski definition) is 3. The van der Waals surface area contributed by atoms with E-state index in [2.05, 4.69) is 27.7 Å². The molecule has 1 fully saturated rings. The number of nitrogens with one attached hydrogen (secondary N) is 2. The van der Waals surface area contributed by atoms with Crippen molar-refractivity contribution in [3.05, 3.63) is 57.2 Å². The van der Waals surface area contributed by atoms with Gasteiger partial charge in [-0.25, -0.2) is 4.98 Å². The highest BCUT2D eigenvalue weighted by Crippen LogP contribution is 2.25. The van der Waals surface area contributed by atoms with Crippen molar-refractivity contribution in [3.63, 3.8) is 0 Å². The fourth-order valence-corrected chi connectivity index (χ4v) is 4.99. The molecule has 2 aromatic rings. The molecule has 0 saturated carbocycles. The first-order chi connectivity index (χ1) is 15.5. The molecule has 172 valence electrons. The number of hydrogen-bond acceptors (Lipinski definition) is 5. The van der Waals surface area contributed by atoms with E-state index in [-0.39, 0.29) is 24.1 Å². The van der Waals surface area contributed by atoms with Crippen LogP contribution in [0.15, 0.2) is 30.3 Å². The van der Waals surface area contributed by atoms with E-state index in [9.17, 15) is 9.90 Å². The number of pyridine rings is 1.